The van der Waals surface area contributed by atoms with E-state index in [9.17, 15) is 0 Å². The molecule has 1 aromatic rings. The molecule has 0 radical (unpaired) electrons. The lowest BCUT2D eigenvalue weighted by atomic mass is 9.90. The van der Waals surface area contributed by atoms with Crippen molar-refractivity contribution in [2.75, 3.05) is 0 Å². The van der Waals surface area contributed by atoms with Gasteiger partial charge in [-0.2, -0.15) is 0 Å². The summed E-state index contributed by atoms with van der Waals surface area (Å²) in [7, 11) is 0. The number of hydrogen-bond donors (Lipinski definition) is 1. The van der Waals surface area contributed by atoms with E-state index in [2.05, 4.69) is 20.8 Å². The molecule has 1 saturated carbocycles. The van der Waals surface area contributed by atoms with E-state index in [0.29, 0.717) is 0 Å². The monoisotopic (exact) mass is 280 g/mol. The number of nitrogens with two attached hydrogens (primary N) is 1. The summed E-state index contributed by atoms with van der Waals surface area (Å²) in [5.41, 5.74) is 7.83. The van der Waals surface area contributed by atoms with Crippen LogP contribution in [0, 0.1) is 12.8 Å². The Bertz CT molecular complexity index is 413. The SMILES string of the molecule is CCCC1CCCC(N)(c2nc(CC)c(C)s2)CC1. The molecule has 0 aromatic carbocycles. The van der Waals surface area contributed by atoms with Crippen LogP contribution in [0.5, 0.6) is 0 Å². The molecule has 1 aliphatic carbocycles. The van der Waals surface area contributed by atoms with Crippen LogP contribution in [0.2, 0.25) is 0 Å². The fraction of sp³-hybridized carbons (Fsp3) is 0.812. The molecule has 19 heavy (non-hydrogen) atoms. The van der Waals surface area contributed by atoms with Crippen LogP contribution in [0.15, 0.2) is 0 Å². The van der Waals surface area contributed by atoms with E-state index in [0.717, 1.165) is 25.2 Å². The molecule has 1 aliphatic rings. The van der Waals surface area contributed by atoms with Gasteiger partial charge < -0.3 is 5.73 Å². The number of rotatable bonds is 4. The van der Waals surface area contributed by atoms with Crippen LogP contribution in [0.3, 0.4) is 0 Å². The van der Waals surface area contributed by atoms with Crippen molar-refractivity contribution < 1.29 is 0 Å². The van der Waals surface area contributed by atoms with Crippen LogP contribution in [-0.2, 0) is 12.0 Å². The number of nitrogens with zero attached hydrogens (tertiary/aromatic N) is 1. The van der Waals surface area contributed by atoms with Crippen molar-refractivity contribution in [1.82, 2.24) is 4.98 Å². The number of hydrogen-bond acceptors (Lipinski definition) is 3. The van der Waals surface area contributed by atoms with Crippen molar-refractivity contribution in [1.29, 1.82) is 0 Å². The Morgan fingerprint density at radius 3 is 2.74 bits per heavy atom. The molecule has 108 valence electrons. The van der Waals surface area contributed by atoms with E-state index in [1.807, 2.05) is 11.3 Å². The van der Waals surface area contributed by atoms with E-state index in [-0.39, 0.29) is 5.54 Å². The Morgan fingerprint density at radius 2 is 2.11 bits per heavy atom. The summed E-state index contributed by atoms with van der Waals surface area (Å²) in [6.45, 7) is 6.65. The molecular formula is C16H28N2S. The van der Waals surface area contributed by atoms with Crippen LogP contribution < -0.4 is 5.73 Å². The summed E-state index contributed by atoms with van der Waals surface area (Å²) in [6, 6.07) is 0. The van der Waals surface area contributed by atoms with E-state index in [4.69, 9.17) is 10.7 Å². The minimum Gasteiger partial charge on any atom is -0.319 e. The fourth-order valence-electron chi connectivity index (χ4n) is 3.32. The Balaban J connectivity index is 2.13. The van der Waals surface area contributed by atoms with Crippen molar-refractivity contribution in [3.8, 4) is 0 Å². The van der Waals surface area contributed by atoms with Crippen molar-refractivity contribution in [2.24, 2.45) is 11.7 Å². The lowest BCUT2D eigenvalue weighted by Crippen LogP contribution is -2.36. The van der Waals surface area contributed by atoms with Crippen molar-refractivity contribution in [3.05, 3.63) is 15.6 Å². The maximum absolute atomic E-state index is 6.72. The van der Waals surface area contributed by atoms with Crippen LogP contribution in [0.4, 0.5) is 0 Å². The van der Waals surface area contributed by atoms with Crippen molar-refractivity contribution >= 4 is 11.3 Å². The molecule has 2 rings (SSSR count). The van der Waals surface area contributed by atoms with Gasteiger partial charge in [0.2, 0.25) is 0 Å². The highest BCUT2D eigenvalue weighted by molar-refractivity contribution is 7.11. The quantitative estimate of drug-likeness (QED) is 0.822. The third-order valence-electron chi connectivity index (χ3n) is 4.58. The summed E-state index contributed by atoms with van der Waals surface area (Å²) < 4.78 is 0. The van der Waals surface area contributed by atoms with E-state index in [1.165, 1.54) is 47.7 Å². The molecule has 0 aliphatic heterocycles. The first-order chi connectivity index (χ1) is 9.09. The van der Waals surface area contributed by atoms with Gasteiger partial charge in [0.05, 0.1) is 11.2 Å². The minimum absolute atomic E-state index is 0.147. The van der Waals surface area contributed by atoms with Crippen LogP contribution in [0.1, 0.15) is 74.4 Å². The third-order valence-corrected chi connectivity index (χ3v) is 5.82. The fourth-order valence-corrected chi connectivity index (χ4v) is 4.48. The minimum atomic E-state index is -0.147. The largest absolute Gasteiger partial charge is 0.319 e. The predicted molar refractivity (Wildman–Crippen MR) is 83.6 cm³/mol. The Labute approximate surface area is 121 Å². The summed E-state index contributed by atoms with van der Waals surface area (Å²) in [4.78, 5) is 6.19. The maximum atomic E-state index is 6.72. The second-order valence-corrected chi connectivity index (χ2v) is 7.32. The van der Waals surface area contributed by atoms with Crippen LogP contribution >= 0.6 is 11.3 Å². The highest BCUT2D eigenvalue weighted by Gasteiger charge is 2.33. The van der Waals surface area contributed by atoms with Crippen LogP contribution in [-0.4, -0.2) is 4.98 Å². The maximum Gasteiger partial charge on any atom is 0.113 e. The highest BCUT2D eigenvalue weighted by atomic mass is 32.1. The molecule has 2 N–H and O–H groups in total. The summed E-state index contributed by atoms with van der Waals surface area (Å²) >= 11 is 1.83. The lowest BCUT2D eigenvalue weighted by molar-refractivity contribution is 0.365. The number of thiazole rings is 1. The van der Waals surface area contributed by atoms with Crippen LogP contribution in [0.25, 0.3) is 0 Å². The summed E-state index contributed by atoms with van der Waals surface area (Å²) in [5.74, 6) is 0.891. The molecule has 1 heterocycles. The van der Waals surface area contributed by atoms with Gasteiger partial charge in [0.15, 0.2) is 0 Å². The van der Waals surface area contributed by atoms with E-state index < -0.39 is 0 Å². The van der Waals surface area contributed by atoms with Gasteiger partial charge in [-0.1, -0.05) is 39.5 Å². The molecule has 0 bridgehead atoms. The van der Waals surface area contributed by atoms with Gasteiger partial charge in [0.25, 0.3) is 0 Å². The molecule has 0 spiro atoms. The molecular weight excluding hydrogens is 252 g/mol. The Kier molecular flexibility index (Phi) is 5.02. The number of aryl methyl sites for hydroxylation is 2. The molecule has 2 unspecified atom stereocenters. The molecule has 1 fully saturated rings. The molecule has 0 saturated heterocycles. The lowest BCUT2D eigenvalue weighted by Gasteiger charge is -2.25. The number of aromatic nitrogens is 1. The van der Waals surface area contributed by atoms with E-state index >= 15 is 0 Å². The van der Waals surface area contributed by atoms with E-state index in [1.54, 1.807) is 0 Å². The smallest absolute Gasteiger partial charge is 0.113 e. The Morgan fingerprint density at radius 1 is 1.32 bits per heavy atom. The summed E-state index contributed by atoms with van der Waals surface area (Å²) in [6.07, 6.45) is 9.84. The van der Waals surface area contributed by atoms with Gasteiger partial charge in [-0.3, -0.25) is 0 Å². The molecule has 3 heteroatoms. The van der Waals surface area contributed by atoms with Crippen molar-refractivity contribution in [3.63, 3.8) is 0 Å². The topological polar surface area (TPSA) is 38.9 Å². The van der Waals surface area contributed by atoms with Gasteiger partial charge in [-0.05, 0) is 38.5 Å². The average molecular weight is 280 g/mol. The van der Waals surface area contributed by atoms with Gasteiger partial charge in [-0.15, -0.1) is 11.3 Å². The summed E-state index contributed by atoms with van der Waals surface area (Å²) in [5, 5.41) is 1.19. The average Bonchev–Trinajstić information content (AvgIpc) is 2.67. The standard InChI is InChI=1S/C16H28N2S/c1-4-7-13-8-6-10-16(17,11-9-13)15-18-14(5-2)12(3)19-15/h13H,4-11,17H2,1-3H3. The molecule has 2 atom stereocenters. The molecule has 1 aromatic heterocycles. The molecule has 0 amide bonds. The zero-order chi connectivity index (χ0) is 13.9. The highest BCUT2D eigenvalue weighted by Crippen LogP contribution is 2.39. The Hall–Kier alpha value is -0.410. The first-order valence-electron chi connectivity index (χ1n) is 7.84. The van der Waals surface area contributed by atoms with Gasteiger partial charge >= 0.3 is 0 Å². The zero-order valence-corrected chi connectivity index (χ0v) is 13.5. The van der Waals surface area contributed by atoms with Crippen molar-refractivity contribution in [2.45, 2.75) is 77.7 Å². The van der Waals surface area contributed by atoms with Gasteiger partial charge in [0, 0.05) is 4.88 Å². The second kappa shape index (κ2) is 6.36. The van der Waals surface area contributed by atoms with Gasteiger partial charge in [-0.25, -0.2) is 4.98 Å². The zero-order valence-electron chi connectivity index (χ0n) is 12.7. The second-order valence-electron chi connectivity index (χ2n) is 6.12. The molecule has 2 nitrogen and oxygen atoms in total. The normalized spacial score (nSPS) is 28.3. The first kappa shape index (κ1) is 15.0. The third kappa shape index (κ3) is 3.38. The van der Waals surface area contributed by atoms with Gasteiger partial charge in [0.1, 0.15) is 5.01 Å². The first-order valence-corrected chi connectivity index (χ1v) is 8.66. The predicted octanol–water partition coefficient (Wildman–Crippen LogP) is 4.55.